The van der Waals surface area contributed by atoms with Crippen LogP contribution in [0.4, 0.5) is 4.39 Å². The molecule has 1 atom stereocenters. The Kier molecular flexibility index (Phi) is 4.55. The van der Waals surface area contributed by atoms with E-state index >= 15 is 0 Å². The van der Waals surface area contributed by atoms with E-state index in [4.69, 9.17) is 10.5 Å². The van der Waals surface area contributed by atoms with Gasteiger partial charge < -0.3 is 10.5 Å². The van der Waals surface area contributed by atoms with Gasteiger partial charge in [-0.1, -0.05) is 6.07 Å². The maximum atomic E-state index is 13.7. The third kappa shape index (κ3) is 3.43. The molecule has 1 saturated heterocycles. The van der Waals surface area contributed by atoms with E-state index in [0.29, 0.717) is 12.4 Å². The number of hydrogen-bond acceptors (Lipinski definition) is 3. The zero-order valence-electron chi connectivity index (χ0n) is 10.9. The van der Waals surface area contributed by atoms with Crippen molar-refractivity contribution in [3.63, 3.8) is 0 Å². The first-order chi connectivity index (χ1) is 8.69. The minimum Gasteiger partial charge on any atom is -0.491 e. The highest BCUT2D eigenvalue weighted by molar-refractivity contribution is 5.29. The summed E-state index contributed by atoms with van der Waals surface area (Å²) in [6, 6.07) is 5.45. The minimum absolute atomic E-state index is 0.256. The number of rotatable bonds is 4. The lowest BCUT2D eigenvalue weighted by atomic mass is 10.1. The standard InChI is InChI=1S/C14H21FN2O/c1-2-18-14-6-5-11(8-13(14)15)9-17-7-3-4-12(16)10-17/h5-6,8,12H,2-4,7,9-10,16H2,1H3. The van der Waals surface area contributed by atoms with Crippen molar-refractivity contribution in [1.29, 1.82) is 0 Å². The fraction of sp³-hybridized carbons (Fsp3) is 0.571. The predicted octanol–water partition coefficient (Wildman–Crippen LogP) is 2.15. The van der Waals surface area contributed by atoms with E-state index in [0.717, 1.165) is 38.0 Å². The molecule has 0 bridgehead atoms. The monoisotopic (exact) mass is 252 g/mol. The molecule has 4 heteroatoms. The van der Waals surface area contributed by atoms with Crippen molar-refractivity contribution >= 4 is 0 Å². The molecule has 1 aromatic rings. The van der Waals surface area contributed by atoms with Crippen molar-refractivity contribution in [2.75, 3.05) is 19.7 Å². The Morgan fingerprint density at radius 2 is 2.33 bits per heavy atom. The number of halogens is 1. The first-order valence-electron chi connectivity index (χ1n) is 6.58. The van der Waals surface area contributed by atoms with Crippen LogP contribution in [0.3, 0.4) is 0 Å². The Balaban J connectivity index is 1.99. The predicted molar refractivity (Wildman–Crippen MR) is 70.1 cm³/mol. The first-order valence-corrected chi connectivity index (χ1v) is 6.58. The Bertz CT molecular complexity index is 397. The summed E-state index contributed by atoms with van der Waals surface area (Å²) in [6.07, 6.45) is 2.22. The second-order valence-corrected chi connectivity index (χ2v) is 4.84. The van der Waals surface area contributed by atoms with E-state index in [1.807, 2.05) is 13.0 Å². The SMILES string of the molecule is CCOc1ccc(CN2CCCC(N)C2)cc1F. The molecule has 100 valence electrons. The van der Waals surface area contributed by atoms with E-state index < -0.39 is 0 Å². The molecule has 0 amide bonds. The van der Waals surface area contributed by atoms with Gasteiger partial charge >= 0.3 is 0 Å². The van der Waals surface area contributed by atoms with Crippen LogP contribution in [0.5, 0.6) is 5.75 Å². The summed E-state index contributed by atoms with van der Waals surface area (Å²) in [7, 11) is 0. The van der Waals surface area contributed by atoms with Crippen molar-refractivity contribution in [2.24, 2.45) is 5.73 Å². The molecular weight excluding hydrogens is 231 g/mol. The molecule has 2 rings (SSSR count). The number of nitrogens with two attached hydrogens (primary N) is 1. The van der Waals surface area contributed by atoms with Gasteiger partial charge in [0.15, 0.2) is 11.6 Å². The van der Waals surface area contributed by atoms with E-state index in [2.05, 4.69) is 4.90 Å². The molecule has 1 aliphatic heterocycles. The second kappa shape index (κ2) is 6.16. The average molecular weight is 252 g/mol. The maximum absolute atomic E-state index is 13.7. The van der Waals surface area contributed by atoms with Gasteiger partial charge in [0.1, 0.15) is 0 Å². The lowest BCUT2D eigenvalue weighted by molar-refractivity contribution is 0.201. The number of nitrogens with zero attached hydrogens (tertiary/aromatic N) is 1. The summed E-state index contributed by atoms with van der Waals surface area (Å²) in [5.74, 6) is 0.0484. The lowest BCUT2D eigenvalue weighted by Gasteiger charge is -2.30. The normalized spacial score (nSPS) is 20.9. The molecule has 0 spiro atoms. The van der Waals surface area contributed by atoms with Gasteiger partial charge in [-0.3, -0.25) is 4.90 Å². The Labute approximate surface area is 108 Å². The van der Waals surface area contributed by atoms with Gasteiger partial charge in [0.05, 0.1) is 6.61 Å². The highest BCUT2D eigenvalue weighted by Gasteiger charge is 2.17. The number of likely N-dealkylation sites (tertiary alicyclic amines) is 1. The van der Waals surface area contributed by atoms with Crippen LogP contribution in [0.1, 0.15) is 25.3 Å². The smallest absolute Gasteiger partial charge is 0.165 e. The molecule has 1 unspecified atom stereocenters. The summed E-state index contributed by atoms with van der Waals surface area (Å²) >= 11 is 0. The van der Waals surface area contributed by atoms with Gasteiger partial charge in [-0.25, -0.2) is 4.39 Å². The van der Waals surface area contributed by atoms with Gasteiger partial charge in [-0.2, -0.15) is 0 Å². The summed E-state index contributed by atoms with van der Waals surface area (Å²) in [5, 5.41) is 0. The van der Waals surface area contributed by atoms with Crippen LogP contribution < -0.4 is 10.5 Å². The Morgan fingerprint density at radius 1 is 1.50 bits per heavy atom. The lowest BCUT2D eigenvalue weighted by Crippen LogP contribution is -2.42. The largest absolute Gasteiger partial charge is 0.491 e. The van der Waals surface area contributed by atoms with Crippen LogP contribution in [0.2, 0.25) is 0 Å². The molecule has 2 N–H and O–H groups in total. The highest BCUT2D eigenvalue weighted by atomic mass is 19.1. The van der Waals surface area contributed by atoms with Gasteiger partial charge in [0.25, 0.3) is 0 Å². The molecule has 1 aromatic carbocycles. The number of ether oxygens (including phenoxy) is 1. The van der Waals surface area contributed by atoms with E-state index in [-0.39, 0.29) is 11.9 Å². The Hall–Kier alpha value is -1.13. The molecule has 0 aliphatic carbocycles. The number of benzene rings is 1. The molecular formula is C14H21FN2O. The van der Waals surface area contributed by atoms with Crippen LogP contribution in [-0.2, 0) is 6.54 Å². The summed E-state index contributed by atoms with van der Waals surface area (Å²) < 4.78 is 18.9. The molecule has 1 heterocycles. The molecule has 3 nitrogen and oxygen atoms in total. The van der Waals surface area contributed by atoms with E-state index in [1.165, 1.54) is 0 Å². The third-order valence-corrected chi connectivity index (χ3v) is 3.24. The molecule has 18 heavy (non-hydrogen) atoms. The van der Waals surface area contributed by atoms with Gasteiger partial charge in [-0.15, -0.1) is 0 Å². The molecule has 0 radical (unpaired) electrons. The van der Waals surface area contributed by atoms with Crippen LogP contribution in [0, 0.1) is 5.82 Å². The summed E-state index contributed by atoms with van der Waals surface area (Å²) in [4.78, 5) is 2.28. The zero-order chi connectivity index (χ0) is 13.0. The van der Waals surface area contributed by atoms with Gasteiger partial charge in [0, 0.05) is 19.1 Å². The van der Waals surface area contributed by atoms with E-state index in [1.54, 1.807) is 12.1 Å². The van der Waals surface area contributed by atoms with Crippen molar-refractivity contribution in [1.82, 2.24) is 4.90 Å². The minimum atomic E-state index is -0.282. The van der Waals surface area contributed by atoms with Crippen LogP contribution in [-0.4, -0.2) is 30.6 Å². The fourth-order valence-electron chi connectivity index (χ4n) is 2.41. The van der Waals surface area contributed by atoms with Crippen LogP contribution in [0.25, 0.3) is 0 Å². The summed E-state index contributed by atoms with van der Waals surface area (Å²) in [6.45, 7) is 5.04. The number of piperidine rings is 1. The second-order valence-electron chi connectivity index (χ2n) is 4.84. The maximum Gasteiger partial charge on any atom is 0.165 e. The first kappa shape index (κ1) is 13.3. The highest BCUT2D eigenvalue weighted by Crippen LogP contribution is 2.20. The van der Waals surface area contributed by atoms with Crippen molar-refractivity contribution in [2.45, 2.75) is 32.4 Å². The van der Waals surface area contributed by atoms with Gasteiger partial charge in [0.2, 0.25) is 0 Å². The van der Waals surface area contributed by atoms with Crippen LogP contribution >= 0.6 is 0 Å². The topological polar surface area (TPSA) is 38.5 Å². The molecule has 1 fully saturated rings. The molecule has 1 aliphatic rings. The van der Waals surface area contributed by atoms with Crippen molar-refractivity contribution in [3.05, 3.63) is 29.6 Å². The third-order valence-electron chi connectivity index (χ3n) is 3.24. The zero-order valence-corrected chi connectivity index (χ0v) is 10.9. The van der Waals surface area contributed by atoms with E-state index in [9.17, 15) is 4.39 Å². The average Bonchev–Trinajstić information content (AvgIpc) is 2.33. The van der Waals surface area contributed by atoms with Gasteiger partial charge in [-0.05, 0) is 44.0 Å². The van der Waals surface area contributed by atoms with Crippen molar-refractivity contribution in [3.8, 4) is 5.75 Å². The van der Waals surface area contributed by atoms with Crippen molar-refractivity contribution < 1.29 is 9.13 Å². The number of hydrogen-bond donors (Lipinski definition) is 1. The molecule has 0 saturated carbocycles. The fourth-order valence-corrected chi connectivity index (χ4v) is 2.41. The Morgan fingerprint density at radius 3 is 3.00 bits per heavy atom. The quantitative estimate of drug-likeness (QED) is 0.892. The van der Waals surface area contributed by atoms with Crippen LogP contribution in [0.15, 0.2) is 18.2 Å². The molecule has 0 aromatic heterocycles. The summed E-state index contributed by atoms with van der Waals surface area (Å²) in [5.41, 5.74) is 6.91.